The van der Waals surface area contributed by atoms with Crippen LogP contribution in [-0.4, -0.2) is 53.1 Å². The van der Waals surface area contributed by atoms with Gasteiger partial charge in [-0.25, -0.2) is 17.5 Å². The summed E-state index contributed by atoms with van der Waals surface area (Å²) >= 11 is 0. The number of nitro benzene ring substituents is 1. The van der Waals surface area contributed by atoms with Gasteiger partial charge in [0.15, 0.2) is 5.69 Å². The highest BCUT2D eigenvalue weighted by molar-refractivity contribution is 7.89. The van der Waals surface area contributed by atoms with Crippen molar-refractivity contribution < 1.29 is 27.3 Å². The van der Waals surface area contributed by atoms with Gasteiger partial charge in [0, 0.05) is 36.8 Å². The molecule has 1 fully saturated rings. The zero-order valence-corrected chi connectivity index (χ0v) is 22.0. The van der Waals surface area contributed by atoms with Gasteiger partial charge in [-0.05, 0) is 57.4 Å². The van der Waals surface area contributed by atoms with Crippen LogP contribution in [-0.2, 0) is 10.0 Å². The minimum absolute atomic E-state index is 0.0213. The van der Waals surface area contributed by atoms with E-state index in [4.69, 9.17) is 4.74 Å². The minimum Gasteiger partial charge on any atom is -0.437 e. The van der Waals surface area contributed by atoms with Crippen LogP contribution in [0.2, 0.25) is 0 Å². The van der Waals surface area contributed by atoms with Crippen molar-refractivity contribution in [3.05, 3.63) is 69.7 Å². The van der Waals surface area contributed by atoms with Crippen LogP contribution in [0.4, 0.5) is 10.1 Å². The van der Waals surface area contributed by atoms with E-state index in [2.05, 4.69) is 9.82 Å². The van der Waals surface area contributed by atoms with Gasteiger partial charge in [-0.15, -0.1) is 0 Å². The Labute approximate surface area is 219 Å². The molecule has 11 nitrogen and oxygen atoms in total. The Morgan fingerprint density at radius 3 is 2.58 bits per heavy atom. The number of hydrogen-bond acceptors (Lipinski definition) is 7. The van der Waals surface area contributed by atoms with E-state index in [0.717, 1.165) is 25.0 Å². The van der Waals surface area contributed by atoms with Crippen LogP contribution in [0, 0.1) is 22.9 Å². The Kier molecular flexibility index (Phi) is 7.78. The summed E-state index contributed by atoms with van der Waals surface area (Å²) in [6, 6.07) is 8.22. The lowest BCUT2D eigenvalue weighted by molar-refractivity contribution is -0.385. The zero-order valence-electron chi connectivity index (χ0n) is 21.2. The lowest BCUT2D eigenvalue weighted by Gasteiger charge is -2.16. The molecule has 3 aromatic rings. The number of nitrogens with zero attached hydrogens (tertiary/aromatic N) is 4. The molecular weight excluding hydrogens is 517 g/mol. The Bertz CT molecular complexity index is 1480. The van der Waals surface area contributed by atoms with Gasteiger partial charge in [-0.1, -0.05) is 13.0 Å². The van der Waals surface area contributed by atoms with Crippen LogP contribution in [0.3, 0.4) is 0 Å². The van der Waals surface area contributed by atoms with E-state index < -0.39 is 37.4 Å². The zero-order chi connectivity index (χ0) is 27.6. The number of carbonyl (C=O) groups is 1. The first-order chi connectivity index (χ1) is 18.0. The number of benzene rings is 2. The van der Waals surface area contributed by atoms with Gasteiger partial charge in [0.1, 0.15) is 16.5 Å². The molecule has 202 valence electrons. The molecule has 0 aliphatic carbocycles. The summed E-state index contributed by atoms with van der Waals surface area (Å²) in [5, 5.41) is 15.8. The van der Waals surface area contributed by atoms with Crippen LogP contribution in [0.5, 0.6) is 11.6 Å². The molecule has 0 unspecified atom stereocenters. The lowest BCUT2D eigenvalue weighted by Crippen LogP contribution is -2.32. The summed E-state index contributed by atoms with van der Waals surface area (Å²) in [5.41, 5.74) is 0.188. The maximum absolute atomic E-state index is 14.1. The van der Waals surface area contributed by atoms with Crippen LogP contribution in [0.15, 0.2) is 47.4 Å². The number of likely N-dealkylation sites (tertiary alicyclic amines) is 1. The fourth-order valence-corrected chi connectivity index (χ4v) is 5.55. The van der Waals surface area contributed by atoms with E-state index in [1.54, 1.807) is 31.7 Å². The fraction of sp³-hybridized carbons (Fsp3) is 0.360. The van der Waals surface area contributed by atoms with Crippen LogP contribution in [0.1, 0.15) is 49.2 Å². The van der Waals surface area contributed by atoms with Crippen molar-refractivity contribution in [2.75, 3.05) is 13.1 Å². The molecule has 2 heterocycles. The van der Waals surface area contributed by atoms with Gasteiger partial charge in [-0.2, -0.15) is 9.78 Å². The summed E-state index contributed by atoms with van der Waals surface area (Å²) in [5.74, 6) is -1.11. The minimum atomic E-state index is -4.24. The van der Waals surface area contributed by atoms with Crippen molar-refractivity contribution in [3.8, 4) is 17.3 Å². The predicted molar refractivity (Wildman–Crippen MR) is 137 cm³/mol. The average Bonchev–Trinajstić information content (AvgIpc) is 3.52. The first kappa shape index (κ1) is 27.2. The molecule has 0 bridgehead atoms. The van der Waals surface area contributed by atoms with Gasteiger partial charge in [-0.3, -0.25) is 14.9 Å². The van der Waals surface area contributed by atoms with E-state index in [-0.39, 0.29) is 28.9 Å². The molecular formula is C25H28FN5O6S. The largest absolute Gasteiger partial charge is 0.437 e. The number of halogens is 1. The smallest absolute Gasteiger partial charge is 0.274 e. The van der Waals surface area contributed by atoms with Crippen LogP contribution >= 0.6 is 0 Å². The van der Waals surface area contributed by atoms with Crippen molar-refractivity contribution in [1.82, 2.24) is 19.4 Å². The second-order valence-electron chi connectivity index (χ2n) is 9.09. The fourth-order valence-electron chi connectivity index (χ4n) is 4.08. The molecule has 0 saturated carbocycles. The van der Waals surface area contributed by atoms with Gasteiger partial charge in [0.2, 0.25) is 15.9 Å². The van der Waals surface area contributed by atoms with E-state index in [0.29, 0.717) is 25.1 Å². The monoisotopic (exact) mass is 545 g/mol. The first-order valence-electron chi connectivity index (χ1n) is 12.1. The molecule has 1 saturated heterocycles. The Hall–Kier alpha value is -3.84. The first-order valence-corrected chi connectivity index (χ1v) is 13.6. The van der Waals surface area contributed by atoms with E-state index >= 15 is 0 Å². The van der Waals surface area contributed by atoms with E-state index in [1.807, 2.05) is 0 Å². The number of aromatic nitrogens is 2. The molecule has 1 amide bonds. The lowest BCUT2D eigenvalue weighted by atomic mass is 10.2. The van der Waals surface area contributed by atoms with Crippen molar-refractivity contribution >= 4 is 21.6 Å². The standard InChI is InChI=1S/C25H28FN5O6S/c1-4-16(2)28-38(35,36)22-15-20(31(33)34)10-11-21(22)37-25-17(3)23(24(32)29-12-5-6-13-29)27-30(25)19-9-7-8-18(26)14-19/h7-11,14-16,28H,4-6,12-13H2,1-3H3/t16-/m0/s1. The number of nitrogens with one attached hydrogen (secondary N) is 1. The summed E-state index contributed by atoms with van der Waals surface area (Å²) in [7, 11) is -4.24. The third-order valence-corrected chi connectivity index (χ3v) is 7.93. The van der Waals surface area contributed by atoms with Crippen molar-refractivity contribution in [2.24, 2.45) is 0 Å². The van der Waals surface area contributed by atoms with Gasteiger partial charge in [0.05, 0.1) is 10.6 Å². The number of hydrogen-bond donors (Lipinski definition) is 1. The Morgan fingerprint density at radius 2 is 1.95 bits per heavy atom. The molecule has 4 rings (SSSR count). The molecule has 1 N–H and O–H groups in total. The van der Waals surface area contributed by atoms with E-state index in [9.17, 15) is 27.7 Å². The number of ether oxygens (including phenoxy) is 1. The number of sulfonamides is 1. The Morgan fingerprint density at radius 1 is 1.24 bits per heavy atom. The number of rotatable bonds is 9. The molecule has 1 atom stereocenters. The number of carbonyl (C=O) groups excluding carboxylic acids is 1. The van der Waals surface area contributed by atoms with Gasteiger partial charge >= 0.3 is 0 Å². The molecule has 1 aliphatic rings. The summed E-state index contributed by atoms with van der Waals surface area (Å²) < 4.78 is 50.3. The maximum Gasteiger partial charge on any atom is 0.274 e. The average molecular weight is 546 g/mol. The molecule has 38 heavy (non-hydrogen) atoms. The van der Waals surface area contributed by atoms with Crippen molar-refractivity contribution in [2.45, 2.75) is 51.0 Å². The number of non-ortho nitro benzene ring substituents is 1. The number of amides is 1. The summed E-state index contributed by atoms with van der Waals surface area (Å²) in [6.07, 6.45) is 2.22. The second-order valence-corrected chi connectivity index (χ2v) is 10.8. The highest BCUT2D eigenvalue weighted by Crippen LogP contribution is 2.36. The predicted octanol–water partition coefficient (Wildman–Crippen LogP) is 4.33. The van der Waals surface area contributed by atoms with Gasteiger partial charge in [0.25, 0.3) is 11.6 Å². The summed E-state index contributed by atoms with van der Waals surface area (Å²) in [4.78, 5) is 25.1. The normalized spacial score (nSPS) is 14.5. The molecule has 13 heteroatoms. The van der Waals surface area contributed by atoms with Crippen LogP contribution in [0.25, 0.3) is 5.69 Å². The summed E-state index contributed by atoms with van der Waals surface area (Å²) in [6.45, 7) is 6.20. The Balaban J connectivity index is 1.87. The molecule has 2 aromatic carbocycles. The molecule has 1 aliphatic heterocycles. The number of nitro groups is 1. The van der Waals surface area contributed by atoms with Crippen molar-refractivity contribution in [1.29, 1.82) is 0 Å². The third-order valence-electron chi connectivity index (χ3n) is 6.32. The highest BCUT2D eigenvalue weighted by Gasteiger charge is 2.30. The molecule has 0 spiro atoms. The molecule has 1 aromatic heterocycles. The molecule has 0 radical (unpaired) electrons. The maximum atomic E-state index is 14.1. The second kappa shape index (κ2) is 10.9. The topological polar surface area (TPSA) is 137 Å². The SMILES string of the molecule is CC[C@H](C)NS(=O)(=O)c1cc([N+](=O)[O-])ccc1Oc1c(C)c(C(=O)N2CCCC2)nn1-c1cccc(F)c1. The van der Waals surface area contributed by atoms with E-state index in [1.165, 1.54) is 28.9 Å². The third kappa shape index (κ3) is 5.53. The van der Waals surface area contributed by atoms with Crippen LogP contribution < -0.4 is 9.46 Å². The van der Waals surface area contributed by atoms with Crippen molar-refractivity contribution in [3.63, 3.8) is 0 Å². The quantitative estimate of drug-likeness (QED) is 0.312. The highest BCUT2D eigenvalue weighted by atomic mass is 32.2. The van der Waals surface area contributed by atoms with Gasteiger partial charge < -0.3 is 9.64 Å².